The van der Waals surface area contributed by atoms with Gasteiger partial charge in [0.1, 0.15) is 11.5 Å². The Balaban J connectivity index is 1.90. The van der Waals surface area contributed by atoms with Gasteiger partial charge in [0.05, 0.1) is 12.7 Å². The van der Waals surface area contributed by atoms with Gasteiger partial charge in [-0.3, -0.25) is 10.1 Å². The third-order valence-electron chi connectivity index (χ3n) is 3.93. The highest BCUT2D eigenvalue weighted by Gasteiger charge is 2.09. The summed E-state index contributed by atoms with van der Waals surface area (Å²) in [4.78, 5) is 12.4. The summed E-state index contributed by atoms with van der Waals surface area (Å²) >= 11 is 5.25. The molecule has 0 aromatic heterocycles. The van der Waals surface area contributed by atoms with Crippen LogP contribution in [0.1, 0.15) is 44.5 Å². The lowest BCUT2D eigenvalue weighted by Gasteiger charge is -2.14. The van der Waals surface area contributed by atoms with Crippen LogP contribution in [0, 0.1) is 5.92 Å². The lowest BCUT2D eigenvalue weighted by atomic mass is 10.2. The van der Waals surface area contributed by atoms with Gasteiger partial charge in [-0.1, -0.05) is 26.8 Å². The van der Waals surface area contributed by atoms with Crippen molar-refractivity contribution in [3.05, 3.63) is 54.1 Å². The smallest absolute Gasteiger partial charge is 0.257 e. The van der Waals surface area contributed by atoms with Crippen LogP contribution >= 0.6 is 12.2 Å². The van der Waals surface area contributed by atoms with Crippen molar-refractivity contribution in [2.45, 2.75) is 40.2 Å². The Hall–Kier alpha value is -2.60. The molecule has 0 aliphatic heterocycles. The fourth-order valence-corrected chi connectivity index (χ4v) is 2.48. The van der Waals surface area contributed by atoms with Crippen molar-refractivity contribution >= 4 is 28.9 Å². The molecule has 2 aromatic rings. The number of anilines is 1. The minimum absolute atomic E-state index is 0.134. The van der Waals surface area contributed by atoms with E-state index in [-0.39, 0.29) is 17.1 Å². The van der Waals surface area contributed by atoms with E-state index in [9.17, 15) is 4.79 Å². The van der Waals surface area contributed by atoms with Crippen LogP contribution in [0.4, 0.5) is 5.69 Å². The first-order chi connectivity index (χ1) is 13.4. The molecule has 0 saturated carbocycles. The van der Waals surface area contributed by atoms with Crippen LogP contribution in [-0.2, 0) is 0 Å². The van der Waals surface area contributed by atoms with E-state index in [0.29, 0.717) is 18.1 Å². The monoisotopic (exact) mass is 400 g/mol. The van der Waals surface area contributed by atoms with E-state index >= 15 is 0 Å². The third kappa shape index (κ3) is 7.19. The van der Waals surface area contributed by atoms with Crippen LogP contribution < -0.4 is 20.1 Å². The molecule has 28 heavy (non-hydrogen) atoms. The molecule has 0 saturated heterocycles. The first-order valence-corrected chi connectivity index (χ1v) is 9.90. The number of nitrogens with one attached hydrogen (secondary N) is 2. The predicted molar refractivity (Wildman–Crippen MR) is 117 cm³/mol. The van der Waals surface area contributed by atoms with E-state index in [1.165, 1.54) is 0 Å². The summed E-state index contributed by atoms with van der Waals surface area (Å²) in [6.45, 7) is 8.90. The Bertz CT molecular complexity index is 791. The minimum Gasteiger partial charge on any atom is -0.493 e. The molecule has 5 nitrogen and oxygen atoms in total. The van der Waals surface area contributed by atoms with Gasteiger partial charge in [-0.15, -0.1) is 0 Å². The Morgan fingerprint density at radius 3 is 2.43 bits per heavy atom. The number of thiocarbonyl (C=S) groups is 1. The molecule has 0 heterocycles. The zero-order valence-electron chi connectivity index (χ0n) is 16.8. The van der Waals surface area contributed by atoms with Crippen LogP contribution in [0.5, 0.6) is 11.5 Å². The Morgan fingerprint density at radius 2 is 1.79 bits per heavy atom. The molecule has 0 fully saturated rings. The van der Waals surface area contributed by atoms with E-state index in [1.807, 2.05) is 31.2 Å². The summed E-state index contributed by atoms with van der Waals surface area (Å²) < 4.78 is 11.4. The quantitative estimate of drug-likeness (QED) is 0.609. The van der Waals surface area contributed by atoms with Crippen LogP contribution in [0.15, 0.2) is 48.5 Å². The van der Waals surface area contributed by atoms with Gasteiger partial charge in [0, 0.05) is 17.3 Å². The molecule has 0 aliphatic rings. The van der Waals surface area contributed by atoms with Crippen molar-refractivity contribution in [2.75, 3.05) is 11.9 Å². The Morgan fingerprint density at radius 1 is 1.07 bits per heavy atom. The van der Waals surface area contributed by atoms with Crippen molar-refractivity contribution in [3.8, 4) is 11.5 Å². The standard InChI is InChI=1S/C22H28N2O3S/c1-5-16(4)27-20-8-6-7-18(13-20)23-22(28)24-21(25)17-9-11-19(12-10-17)26-14-15(2)3/h6-13,15-16H,5,14H2,1-4H3,(H2,23,24,25,28). The molecule has 2 aromatic carbocycles. The Kier molecular flexibility index (Phi) is 8.26. The summed E-state index contributed by atoms with van der Waals surface area (Å²) in [5, 5.41) is 5.93. The van der Waals surface area contributed by atoms with Crippen LogP contribution in [0.2, 0.25) is 0 Å². The number of hydrogen-bond acceptors (Lipinski definition) is 4. The maximum absolute atomic E-state index is 12.4. The average Bonchev–Trinajstić information content (AvgIpc) is 2.66. The first-order valence-electron chi connectivity index (χ1n) is 9.49. The van der Waals surface area contributed by atoms with Gasteiger partial charge in [-0.2, -0.15) is 0 Å². The number of benzene rings is 2. The second-order valence-corrected chi connectivity index (χ2v) is 7.41. The molecule has 6 heteroatoms. The molecule has 0 aliphatic carbocycles. The highest BCUT2D eigenvalue weighted by atomic mass is 32.1. The van der Waals surface area contributed by atoms with Crippen molar-refractivity contribution in [2.24, 2.45) is 5.92 Å². The van der Waals surface area contributed by atoms with E-state index in [4.69, 9.17) is 21.7 Å². The van der Waals surface area contributed by atoms with Crippen molar-refractivity contribution in [3.63, 3.8) is 0 Å². The van der Waals surface area contributed by atoms with Gasteiger partial charge >= 0.3 is 0 Å². The minimum atomic E-state index is -0.278. The first kappa shape index (κ1) is 21.7. The van der Waals surface area contributed by atoms with Crippen LogP contribution in [0.25, 0.3) is 0 Å². The fourth-order valence-electron chi connectivity index (χ4n) is 2.27. The molecule has 1 unspecified atom stereocenters. The number of carbonyl (C=O) groups excluding carboxylic acids is 1. The normalized spacial score (nSPS) is 11.6. The number of carbonyl (C=O) groups is 1. The average molecular weight is 401 g/mol. The molecule has 150 valence electrons. The van der Waals surface area contributed by atoms with Crippen molar-refractivity contribution < 1.29 is 14.3 Å². The molecular formula is C22H28N2O3S. The van der Waals surface area contributed by atoms with Gasteiger partial charge in [0.2, 0.25) is 0 Å². The van der Waals surface area contributed by atoms with Crippen LogP contribution in [-0.4, -0.2) is 23.7 Å². The molecule has 2 N–H and O–H groups in total. The van der Waals surface area contributed by atoms with E-state index < -0.39 is 0 Å². The van der Waals surface area contributed by atoms with Gasteiger partial charge in [0.15, 0.2) is 5.11 Å². The highest BCUT2D eigenvalue weighted by molar-refractivity contribution is 7.80. The van der Waals surface area contributed by atoms with Crippen LogP contribution in [0.3, 0.4) is 0 Å². The summed E-state index contributed by atoms with van der Waals surface area (Å²) in [6.07, 6.45) is 1.06. The number of hydrogen-bond donors (Lipinski definition) is 2. The molecule has 0 spiro atoms. The van der Waals surface area contributed by atoms with Gasteiger partial charge in [-0.05, 0) is 67.9 Å². The fraction of sp³-hybridized carbons (Fsp3) is 0.364. The van der Waals surface area contributed by atoms with E-state index in [2.05, 4.69) is 31.4 Å². The van der Waals surface area contributed by atoms with E-state index in [1.54, 1.807) is 24.3 Å². The summed E-state index contributed by atoms with van der Waals surface area (Å²) in [7, 11) is 0. The van der Waals surface area contributed by atoms with Gasteiger partial charge in [0.25, 0.3) is 5.91 Å². The maximum atomic E-state index is 12.4. The third-order valence-corrected chi connectivity index (χ3v) is 4.14. The second-order valence-electron chi connectivity index (χ2n) is 7.00. The van der Waals surface area contributed by atoms with Gasteiger partial charge < -0.3 is 14.8 Å². The molecule has 1 atom stereocenters. The Labute approximate surface area is 172 Å². The van der Waals surface area contributed by atoms with Gasteiger partial charge in [-0.25, -0.2) is 0 Å². The predicted octanol–water partition coefficient (Wildman–Crippen LogP) is 5.03. The summed E-state index contributed by atoms with van der Waals surface area (Å²) in [5.74, 6) is 1.66. The lowest BCUT2D eigenvalue weighted by molar-refractivity contribution is 0.0977. The number of rotatable bonds is 8. The molecule has 0 radical (unpaired) electrons. The maximum Gasteiger partial charge on any atom is 0.257 e. The molecule has 0 bridgehead atoms. The second kappa shape index (κ2) is 10.7. The largest absolute Gasteiger partial charge is 0.493 e. The SMILES string of the molecule is CCC(C)Oc1cccc(NC(=S)NC(=O)c2ccc(OCC(C)C)cc2)c1. The van der Waals surface area contributed by atoms with Crippen molar-refractivity contribution in [1.29, 1.82) is 0 Å². The molecule has 1 amide bonds. The molecule has 2 rings (SSSR count). The zero-order valence-corrected chi connectivity index (χ0v) is 17.6. The summed E-state index contributed by atoms with van der Waals surface area (Å²) in [6, 6.07) is 14.5. The lowest BCUT2D eigenvalue weighted by Crippen LogP contribution is -2.34. The topological polar surface area (TPSA) is 59.6 Å². The summed E-state index contributed by atoms with van der Waals surface area (Å²) in [5.41, 5.74) is 1.26. The number of amides is 1. The van der Waals surface area contributed by atoms with Crippen molar-refractivity contribution in [1.82, 2.24) is 5.32 Å². The zero-order chi connectivity index (χ0) is 20.5. The van der Waals surface area contributed by atoms with E-state index in [0.717, 1.165) is 23.6 Å². The number of ether oxygens (including phenoxy) is 2. The highest BCUT2D eigenvalue weighted by Crippen LogP contribution is 2.19. The molecular weight excluding hydrogens is 372 g/mol.